The molecule has 0 aliphatic carbocycles. The van der Waals surface area contributed by atoms with Crippen molar-refractivity contribution in [3.8, 4) is 11.5 Å². The maximum atomic E-state index is 11.4. The monoisotopic (exact) mass is 277 g/mol. The van der Waals surface area contributed by atoms with E-state index in [2.05, 4.69) is 0 Å². The van der Waals surface area contributed by atoms with Crippen LogP contribution in [0.4, 0.5) is 0 Å². The zero-order valence-corrected chi connectivity index (χ0v) is 11.1. The number of carbonyl (C=O) groups is 3. The maximum Gasteiger partial charge on any atom is 0.229 e. The summed E-state index contributed by atoms with van der Waals surface area (Å²) in [5.74, 6) is 0.578. The third-order valence-corrected chi connectivity index (χ3v) is 3.05. The van der Waals surface area contributed by atoms with Gasteiger partial charge in [0.25, 0.3) is 0 Å². The molecule has 6 heteroatoms. The molecule has 2 rings (SSSR count). The van der Waals surface area contributed by atoms with Gasteiger partial charge >= 0.3 is 0 Å². The Morgan fingerprint density at radius 1 is 1.20 bits per heavy atom. The summed E-state index contributed by atoms with van der Waals surface area (Å²) in [6.07, 6.45) is 1.26. The number of aldehydes is 1. The van der Waals surface area contributed by atoms with Gasteiger partial charge in [0.15, 0.2) is 11.5 Å². The van der Waals surface area contributed by atoms with Gasteiger partial charge in [-0.25, -0.2) is 0 Å². The molecule has 1 aliphatic rings. The minimum atomic E-state index is -0.165. The van der Waals surface area contributed by atoms with Crippen molar-refractivity contribution in [1.82, 2.24) is 4.90 Å². The number of nitrogens with zero attached hydrogens (tertiary/aromatic N) is 1. The first-order valence-corrected chi connectivity index (χ1v) is 6.25. The molecule has 6 nitrogen and oxygen atoms in total. The Balaban J connectivity index is 1.95. The number of ether oxygens (including phenoxy) is 2. The topological polar surface area (TPSA) is 72.9 Å². The third kappa shape index (κ3) is 2.96. The fraction of sp³-hybridized carbons (Fsp3) is 0.357. The molecule has 2 amide bonds. The molecular formula is C14H15NO5. The molecule has 0 unspecified atom stereocenters. The average molecular weight is 277 g/mol. The van der Waals surface area contributed by atoms with E-state index < -0.39 is 0 Å². The fourth-order valence-corrected chi connectivity index (χ4v) is 2.00. The van der Waals surface area contributed by atoms with Crippen LogP contribution in [0, 0.1) is 0 Å². The molecule has 0 N–H and O–H groups in total. The van der Waals surface area contributed by atoms with Crippen LogP contribution >= 0.6 is 0 Å². The van der Waals surface area contributed by atoms with E-state index in [0.29, 0.717) is 23.3 Å². The van der Waals surface area contributed by atoms with Crippen molar-refractivity contribution in [2.24, 2.45) is 0 Å². The Morgan fingerprint density at radius 3 is 2.50 bits per heavy atom. The summed E-state index contributed by atoms with van der Waals surface area (Å²) >= 11 is 0. The highest BCUT2D eigenvalue weighted by molar-refractivity contribution is 6.01. The predicted octanol–water partition coefficient (Wildman–Crippen LogP) is 1.04. The van der Waals surface area contributed by atoms with Crippen LogP contribution in [0.15, 0.2) is 18.2 Å². The molecule has 0 saturated carbocycles. The first-order valence-electron chi connectivity index (χ1n) is 6.25. The molecule has 0 aromatic heterocycles. The number of hydrogen-bond acceptors (Lipinski definition) is 5. The van der Waals surface area contributed by atoms with Crippen LogP contribution < -0.4 is 9.47 Å². The highest BCUT2D eigenvalue weighted by Crippen LogP contribution is 2.27. The Bertz CT molecular complexity index is 524. The zero-order chi connectivity index (χ0) is 14.5. The van der Waals surface area contributed by atoms with Gasteiger partial charge in [0.1, 0.15) is 12.9 Å². The van der Waals surface area contributed by atoms with Gasteiger partial charge in [-0.2, -0.15) is 0 Å². The SMILES string of the molecule is COc1cc(C=O)ccc1OCCN1C(=O)CCC1=O. The number of hydrogen-bond donors (Lipinski definition) is 0. The van der Waals surface area contributed by atoms with Crippen LogP contribution in [-0.2, 0) is 9.59 Å². The number of imide groups is 1. The number of rotatable bonds is 6. The minimum Gasteiger partial charge on any atom is -0.493 e. The van der Waals surface area contributed by atoms with E-state index in [0.717, 1.165) is 0 Å². The van der Waals surface area contributed by atoms with E-state index in [1.165, 1.54) is 12.0 Å². The quantitative estimate of drug-likeness (QED) is 0.573. The second-order valence-corrected chi connectivity index (χ2v) is 4.32. The molecule has 1 saturated heterocycles. The molecular weight excluding hydrogens is 262 g/mol. The smallest absolute Gasteiger partial charge is 0.229 e. The average Bonchev–Trinajstić information content (AvgIpc) is 2.79. The molecule has 1 aromatic rings. The van der Waals surface area contributed by atoms with Gasteiger partial charge in [0.05, 0.1) is 13.7 Å². The summed E-state index contributed by atoms with van der Waals surface area (Å²) < 4.78 is 10.6. The van der Waals surface area contributed by atoms with Gasteiger partial charge in [-0.05, 0) is 18.2 Å². The molecule has 0 spiro atoms. The lowest BCUT2D eigenvalue weighted by Crippen LogP contribution is -2.33. The van der Waals surface area contributed by atoms with Crippen molar-refractivity contribution in [3.05, 3.63) is 23.8 Å². The van der Waals surface area contributed by atoms with Crippen molar-refractivity contribution in [2.75, 3.05) is 20.3 Å². The third-order valence-electron chi connectivity index (χ3n) is 3.05. The van der Waals surface area contributed by atoms with Crippen molar-refractivity contribution in [1.29, 1.82) is 0 Å². The van der Waals surface area contributed by atoms with Crippen LogP contribution in [0.25, 0.3) is 0 Å². The first-order chi connectivity index (χ1) is 9.65. The minimum absolute atomic E-state index is 0.165. The predicted molar refractivity (Wildman–Crippen MR) is 69.8 cm³/mol. The number of likely N-dealkylation sites (tertiary alicyclic amines) is 1. The van der Waals surface area contributed by atoms with Crippen molar-refractivity contribution >= 4 is 18.1 Å². The summed E-state index contributed by atoms with van der Waals surface area (Å²) in [5.41, 5.74) is 0.485. The maximum absolute atomic E-state index is 11.4. The largest absolute Gasteiger partial charge is 0.493 e. The Labute approximate surface area is 116 Å². The molecule has 1 aromatic carbocycles. The standard InChI is InChI=1S/C14H15NO5/c1-19-12-8-10(9-16)2-3-11(12)20-7-6-15-13(17)4-5-14(15)18/h2-3,8-9H,4-7H2,1H3. The Hall–Kier alpha value is -2.37. The molecule has 0 bridgehead atoms. The van der Waals surface area contributed by atoms with Gasteiger partial charge in [-0.1, -0.05) is 0 Å². The van der Waals surface area contributed by atoms with Crippen LogP contribution in [0.1, 0.15) is 23.2 Å². The van der Waals surface area contributed by atoms with Crippen molar-refractivity contribution < 1.29 is 23.9 Å². The lowest BCUT2D eigenvalue weighted by Gasteiger charge is -2.15. The zero-order valence-electron chi connectivity index (χ0n) is 11.1. The van der Waals surface area contributed by atoms with E-state index in [-0.39, 0.29) is 37.8 Å². The second kappa shape index (κ2) is 6.18. The summed E-state index contributed by atoms with van der Waals surface area (Å²) in [5, 5.41) is 0. The number of carbonyl (C=O) groups excluding carboxylic acids is 3. The first kappa shape index (κ1) is 14.0. The van der Waals surface area contributed by atoms with Crippen LogP contribution in [-0.4, -0.2) is 43.3 Å². The summed E-state index contributed by atoms with van der Waals surface area (Å²) in [7, 11) is 1.48. The van der Waals surface area contributed by atoms with E-state index in [1.54, 1.807) is 18.2 Å². The van der Waals surface area contributed by atoms with Crippen LogP contribution in [0.5, 0.6) is 11.5 Å². The van der Waals surface area contributed by atoms with E-state index >= 15 is 0 Å². The lowest BCUT2D eigenvalue weighted by molar-refractivity contribution is -0.138. The molecule has 0 atom stereocenters. The number of amides is 2. The van der Waals surface area contributed by atoms with Gasteiger partial charge < -0.3 is 9.47 Å². The highest BCUT2D eigenvalue weighted by Gasteiger charge is 2.28. The molecule has 1 aliphatic heterocycles. The molecule has 1 fully saturated rings. The van der Waals surface area contributed by atoms with E-state index in [4.69, 9.17) is 9.47 Å². The fourth-order valence-electron chi connectivity index (χ4n) is 2.00. The normalized spacial score (nSPS) is 14.6. The number of benzene rings is 1. The summed E-state index contributed by atoms with van der Waals surface area (Å²) in [6, 6.07) is 4.79. The van der Waals surface area contributed by atoms with Crippen LogP contribution in [0.3, 0.4) is 0 Å². The lowest BCUT2D eigenvalue weighted by atomic mass is 10.2. The van der Waals surface area contributed by atoms with Crippen molar-refractivity contribution in [3.63, 3.8) is 0 Å². The second-order valence-electron chi connectivity index (χ2n) is 4.32. The van der Waals surface area contributed by atoms with E-state index in [9.17, 15) is 14.4 Å². The molecule has 1 heterocycles. The molecule has 0 radical (unpaired) electrons. The van der Waals surface area contributed by atoms with E-state index in [1.807, 2.05) is 0 Å². The van der Waals surface area contributed by atoms with Crippen LogP contribution in [0.2, 0.25) is 0 Å². The Morgan fingerprint density at radius 2 is 1.90 bits per heavy atom. The molecule has 106 valence electrons. The van der Waals surface area contributed by atoms with Gasteiger partial charge in [0, 0.05) is 18.4 Å². The van der Waals surface area contributed by atoms with Gasteiger partial charge in [-0.15, -0.1) is 0 Å². The number of methoxy groups -OCH3 is 1. The molecule has 20 heavy (non-hydrogen) atoms. The highest BCUT2D eigenvalue weighted by atomic mass is 16.5. The van der Waals surface area contributed by atoms with Crippen molar-refractivity contribution in [2.45, 2.75) is 12.8 Å². The summed E-state index contributed by atoms with van der Waals surface area (Å²) in [4.78, 5) is 34.7. The Kier molecular flexibility index (Phi) is 4.34. The van der Waals surface area contributed by atoms with Gasteiger partial charge in [-0.3, -0.25) is 19.3 Å². The summed E-state index contributed by atoms with van der Waals surface area (Å²) in [6.45, 7) is 0.407. The van der Waals surface area contributed by atoms with Gasteiger partial charge in [0.2, 0.25) is 11.8 Å².